The third-order valence-corrected chi connectivity index (χ3v) is 4.37. The van der Waals surface area contributed by atoms with Gasteiger partial charge in [-0.2, -0.15) is 0 Å². The Hall–Kier alpha value is -0.160. The first kappa shape index (κ1) is 10.4. The topological polar surface area (TPSA) is 20.2 Å². The predicted octanol–water partition coefficient (Wildman–Crippen LogP) is 3.96. The van der Waals surface area contributed by atoms with Crippen molar-refractivity contribution in [3.05, 3.63) is 42.7 Å². The number of aliphatic hydroxyl groups is 1. The Balaban J connectivity index is 2.28. The number of aryl methyl sites for hydroxylation is 1. The van der Waals surface area contributed by atoms with Gasteiger partial charge in [0.25, 0.3) is 0 Å². The zero-order valence-electron chi connectivity index (χ0n) is 7.53. The van der Waals surface area contributed by atoms with Crippen molar-refractivity contribution < 1.29 is 5.11 Å². The Labute approximate surface area is 99.2 Å². The van der Waals surface area contributed by atoms with Crippen LogP contribution in [0.1, 0.15) is 22.1 Å². The molecule has 1 unspecified atom stereocenters. The van der Waals surface area contributed by atoms with Gasteiger partial charge in [0, 0.05) is 4.88 Å². The second-order valence-electron chi connectivity index (χ2n) is 3.08. The summed E-state index contributed by atoms with van der Waals surface area (Å²) in [4.78, 5) is 1.23. The van der Waals surface area contributed by atoms with Crippen molar-refractivity contribution in [1.29, 1.82) is 0 Å². The van der Waals surface area contributed by atoms with Crippen LogP contribution in [0.2, 0.25) is 0 Å². The Morgan fingerprint density at radius 3 is 2.36 bits per heavy atom. The van der Waals surface area contributed by atoms with Gasteiger partial charge in [0.2, 0.25) is 0 Å². The molecule has 14 heavy (non-hydrogen) atoms. The summed E-state index contributed by atoms with van der Waals surface area (Å²) in [5.74, 6) is 0. The highest BCUT2D eigenvalue weighted by Gasteiger charge is 2.12. The minimum atomic E-state index is -0.484. The molecule has 2 rings (SSSR count). The zero-order chi connectivity index (χ0) is 10.1. The Bertz CT molecular complexity index is 393. The summed E-state index contributed by atoms with van der Waals surface area (Å²) in [6.45, 7) is 2.05. The van der Waals surface area contributed by atoms with Crippen LogP contribution in [0.15, 0.2) is 26.7 Å². The summed E-state index contributed by atoms with van der Waals surface area (Å²) >= 11 is 6.65. The number of halogens is 1. The highest BCUT2D eigenvalue weighted by atomic mass is 79.9. The third kappa shape index (κ3) is 2.08. The van der Waals surface area contributed by atoms with E-state index in [-0.39, 0.29) is 0 Å². The molecule has 0 saturated carbocycles. The van der Waals surface area contributed by atoms with Crippen molar-refractivity contribution in [1.82, 2.24) is 0 Å². The van der Waals surface area contributed by atoms with Gasteiger partial charge in [-0.3, -0.25) is 0 Å². The van der Waals surface area contributed by atoms with Gasteiger partial charge in [-0.1, -0.05) is 0 Å². The smallest absolute Gasteiger partial charge is 0.106 e. The minimum absolute atomic E-state index is 0.484. The standard InChI is InChI=1S/C10H9BrOS2/c1-6-2-7(4-13-6)10(12)8-3-9(11)14-5-8/h2-5,10,12H,1H3. The molecule has 0 amide bonds. The summed E-state index contributed by atoms with van der Waals surface area (Å²) in [7, 11) is 0. The lowest BCUT2D eigenvalue weighted by atomic mass is 10.1. The van der Waals surface area contributed by atoms with Crippen molar-refractivity contribution in [3.8, 4) is 0 Å². The average Bonchev–Trinajstić information content (AvgIpc) is 2.73. The summed E-state index contributed by atoms with van der Waals surface area (Å²) < 4.78 is 1.05. The molecule has 74 valence electrons. The molecular weight excluding hydrogens is 280 g/mol. The molecule has 0 spiro atoms. The summed E-state index contributed by atoms with van der Waals surface area (Å²) in [5, 5.41) is 14.0. The molecular formula is C10H9BrOS2. The summed E-state index contributed by atoms with van der Waals surface area (Å²) in [6, 6.07) is 3.99. The van der Waals surface area contributed by atoms with Crippen LogP contribution in [0, 0.1) is 6.92 Å². The van der Waals surface area contributed by atoms with Crippen molar-refractivity contribution in [2.24, 2.45) is 0 Å². The van der Waals surface area contributed by atoms with Crippen LogP contribution in [0.25, 0.3) is 0 Å². The second-order valence-corrected chi connectivity index (χ2v) is 6.48. The van der Waals surface area contributed by atoms with E-state index in [0.29, 0.717) is 0 Å². The van der Waals surface area contributed by atoms with E-state index >= 15 is 0 Å². The second kappa shape index (κ2) is 4.14. The van der Waals surface area contributed by atoms with Crippen molar-refractivity contribution in [3.63, 3.8) is 0 Å². The summed E-state index contributed by atoms with van der Waals surface area (Å²) in [6.07, 6.45) is -0.484. The van der Waals surface area contributed by atoms with E-state index in [1.54, 1.807) is 22.7 Å². The summed E-state index contributed by atoms with van der Waals surface area (Å²) in [5.41, 5.74) is 1.94. The van der Waals surface area contributed by atoms with E-state index in [2.05, 4.69) is 15.9 Å². The molecule has 0 bridgehead atoms. The zero-order valence-corrected chi connectivity index (χ0v) is 10.7. The monoisotopic (exact) mass is 288 g/mol. The largest absolute Gasteiger partial charge is 0.384 e. The van der Waals surface area contributed by atoms with E-state index in [1.807, 2.05) is 29.8 Å². The van der Waals surface area contributed by atoms with Crippen molar-refractivity contribution in [2.75, 3.05) is 0 Å². The highest BCUT2D eigenvalue weighted by molar-refractivity contribution is 9.11. The first-order chi connectivity index (χ1) is 6.66. The van der Waals surface area contributed by atoms with Gasteiger partial charge >= 0.3 is 0 Å². The lowest BCUT2D eigenvalue weighted by Crippen LogP contribution is -1.95. The molecule has 0 aliphatic carbocycles. The molecule has 4 heteroatoms. The normalized spacial score (nSPS) is 13.1. The van der Waals surface area contributed by atoms with E-state index in [4.69, 9.17) is 0 Å². The van der Waals surface area contributed by atoms with Crippen LogP contribution in [-0.4, -0.2) is 5.11 Å². The number of aliphatic hydroxyl groups excluding tert-OH is 1. The first-order valence-electron chi connectivity index (χ1n) is 4.14. The lowest BCUT2D eigenvalue weighted by molar-refractivity contribution is 0.221. The molecule has 0 radical (unpaired) electrons. The van der Waals surface area contributed by atoms with Gasteiger partial charge in [0.05, 0.1) is 3.79 Å². The fourth-order valence-corrected chi connectivity index (χ4v) is 3.18. The van der Waals surface area contributed by atoms with Gasteiger partial charge in [-0.25, -0.2) is 0 Å². The minimum Gasteiger partial charge on any atom is -0.384 e. The van der Waals surface area contributed by atoms with Crippen LogP contribution in [0.5, 0.6) is 0 Å². The number of hydrogen-bond donors (Lipinski definition) is 1. The fraction of sp³-hybridized carbons (Fsp3) is 0.200. The van der Waals surface area contributed by atoms with Gasteiger partial charge in [0.15, 0.2) is 0 Å². The Kier molecular flexibility index (Phi) is 3.07. The molecule has 0 aliphatic rings. The van der Waals surface area contributed by atoms with Crippen LogP contribution in [0.4, 0.5) is 0 Å². The van der Waals surface area contributed by atoms with Crippen LogP contribution in [0.3, 0.4) is 0 Å². The van der Waals surface area contributed by atoms with E-state index in [9.17, 15) is 5.11 Å². The van der Waals surface area contributed by atoms with E-state index in [0.717, 1.165) is 14.9 Å². The third-order valence-electron chi connectivity index (χ3n) is 1.97. The number of thiophene rings is 2. The number of hydrogen-bond acceptors (Lipinski definition) is 3. The maximum atomic E-state index is 10.0. The molecule has 1 N–H and O–H groups in total. The molecule has 2 heterocycles. The molecule has 1 atom stereocenters. The van der Waals surface area contributed by atoms with Gasteiger partial charge in [-0.15, -0.1) is 22.7 Å². The maximum absolute atomic E-state index is 10.0. The highest BCUT2D eigenvalue weighted by Crippen LogP contribution is 2.30. The van der Waals surface area contributed by atoms with Gasteiger partial charge in [-0.05, 0) is 56.9 Å². The maximum Gasteiger partial charge on any atom is 0.106 e. The van der Waals surface area contributed by atoms with Gasteiger partial charge in [0.1, 0.15) is 6.10 Å². The van der Waals surface area contributed by atoms with E-state index < -0.39 is 6.10 Å². The quantitative estimate of drug-likeness (QED) is 0.887. The van der Waals surface area contributed by atoms with Crippen LogP contribution >= 0.6 is 38.6 Å². The molecule has 2 aromatic rings. The molecule has 0 aromatic carbocycles. The Morgan fingerprint density at radius 2 is 1.86 bits per heavy atom. The first-order valence-corrected chi connectivity index (χ1v) is 6.69. The van der Waals surface area contributed by atoms with Crippen molar-refractivity contribution in [2.45, 2.75) is 13.0 Å². The predicted molar refractivity (Wildman–Crippen MR) is 65.1 cm³/mol. The lowest BCUT2D eigenvalue weighted by Gasteiger charge is -2.05. The van der Waals surface area contributed by atoms with Gasteiger partial charge < -0.3 is 5.11 Å². The molecule has 0 saturated heterocycles. The molecule has 2 aromatic heterocycles. The Morgan fingerprint density at radius 1 is 1.21 bits per heavy atom. The number of rotatable bonds is 2. The average molecular weight is 289 g/mol. The van der Waals surface area contributed by atoms with E-state index in [1.165, 1.54) is 4.88 Å². The molecule has 0 aliphatic heterocycles. The SMILES string of the molecule is Cc1cc(C(O)c2csc(Br)c2)cs1. The molecule has 1 nitrogen and oxygen atoms in total. The van der Waals surface area contributed by atoms with Crippen LogP contribution < -0.4 is 0 Å². The fourth-order valence-electron chi connectivity index (χ4n) is 1.27. The molecule has 0 fully saturated rings. The van der Waals surface area contributed by atoms with Crippen molar-refractivity contribution >= 4 is 38.6 Å². The van der Waals surface area contributed by atoms with Crippen LogP contribution in [-0.2, 0) is 0 Å².